The Morgan fingerprint density at radius 2 is 2.00 bits per heavy atom. The van der Waals surface area contributed by atoms with E-state index in [2.05, 4.69) is 11.6 Å². The molecule has 1 heterocycles. The molecule has 0 atom stereocenters. The standard InChI is InChI=1S/C8H9N.C2H6/c1-3-8-5-4-7(2)9-6-8;1-2/h3-6H,1H2,2H3;1-2H3. The maximum absolute atomic E-state index is 4.08. The molecule has 0 aliphatic heterocycles. The summed E-state index contributed by atoms with van der Waals surface area (Å²) in [5, 5.41) is 0. The Hall–Kier alpha value is -1.11. The van der Waals surface area contributed by atoms with Gasteiger partial charge in [-0.2, -0.15) is 0 Å². The molecule has 1 heteroatoms. The van der Waals surface area contributed by atoms with Crippen molar-refractivity contribution in [3.8, 4) is 0 Å². The van der Waals surface area contributed by atoms with Gasteiger partial charge in [-0.25, -0.2) is 0 Å². The highest BCUT2D eigenvalue weighted by Crippen LogP contribution is 1.98. The molecule has 1 rings (SSSR count). The van der Waals surface area contributed by atoms with Gasteiger partial charge in [0.15, 0.2) is 0 Å². The van der Waals surface area contributed by atoms with Crippen molar-refractivity contribution < 1.29 is 0 Å². The van der Waals surface area contributed by atoms with E-state index in [4.69, 9.17) is 0 Å². The highest BCUT2D eigenvalue weighted by atomic mass is 14.6. The zero-order valence-electron chi connectivity index (χ0n) is 7.46. The van der Waals surface area contributed by atoms with E-state index in [1.807, 2.05) is 39.1 Å². The van der Waals surface area contributed by atoms with Crippen molar-refractivity contribution in [2.24, 2.45) is 0 Å². The van der Waals surface area contributed by atoms with E-state index in [1.54, 1.807) is 6.08 Å². The summed E-state index contributed by atoms with van der Waals surface area (Å²) < 4.78 is 0. The first-order valence-electron chi connectivity index (χ1n) is 3.88. The summed E-state index contributed by atoms with van der Waals surface area (Å²) in [5.41, 5.74) is 2.11. The van der Waals surface area contributed by atoms with Crippen LogP contribution in [0.15, 0.2) is 24.9 Å². The third-order valence-electron chi connectivity index (χ3n) is 1.17. The molecule has 0 unspecified atom stereocenters. The molecule has 0 bridgehead atoms. The predicted octanol–water partition coefficient (Wildman–Crippen LogP) is 3.06. The van der Waals surface area contributed by atoms with Crippen molar-refractivity contribution in [2.45, 2.75) is 20.8 Å². The Morgan fingerprint density at radius 1 is 1.36 bits per heavy atom. The van der Waals surface area contributed by atoms with Crippen LogP contribution in [0.25, 0.3) is 6.08 Å². The molecular formula is C10H15N. The Morgan fingerprint density at radius 3 is 2.36 bits per heavy atom. The monoisotopic (exact) mass is 149 g/mol. The Balaban J connectivity index is 0.000000461. The van der Waals surface area contributed by atoms with E-state index >= 15 is 0 Å². The average molecular weight is 149 g/mol. The van der Waals surface area contributed by atoms with Crippen LogP contribution >= 0.6 is 0 Å². The third-order valence-corrected chi connectivity index (χ3v) is 1.17. The minimum atomic E-state index is 1.04. The van der Waals surface area contributed by atoms with Crippen molar-refractivity contribution in [2.75, 3.05) is 0 Å². The first-order chi connectivity index (χ1) is 5.33. The van der Waals surface area contributed by atoms with Gasteiger partial charge in [0.1, 0.15) is 0 Å². The second kappa shape index (κ2) is 5.66. The van der Waals surface area contributed by atoms with E-state index in [-0.39, 0.29) is 0 Å². The Bertz CT molecular complexity index is 199. The lowest BCUT2D eigenvalue weighted by Gasteiger charge is -1.90. The molecule has 0 saturated heterocycles. The normalized spacial score (nSPS) is 7.91. The molecule has 0 fully saturated rings. The van der Waals surface area contributed by atoms with Crippen molar-refractivity contribution in [1.29, 1.82) is 0 Å². The summed E-state index contributed by atoms with van der Waals surface area (Å²) in [6.45, 7) is 9.59. The molecule has 0 aliphatic carbocycles. The van der Waals surface area contributed by atoms with Crippen LogP contribution in [0.4, 0.5) is 0 Å². The first-order valence-corrected chi connectivity index (χ1v) is 3.88. The molecule has 1 aromatic rings. The molecule has 0 spiro atoms. The highest BCUT2D eigenvalue weighted by Gasteiger charge is 1.83. The zero-order chi connectivity index (χ0) is 8.69. The second-order valence-corrected chi connectivity index (χ2v) is 1.94. The van der Waals surface area contributed by atoms with Gasteiger partial charge in [0.05, 0.1) is 0 Å². The van der Waals surface area contributed by atoms with Crippen LogP contribution < -0.4 is 0 Å². The summed E-state index contributed by atoms with van der Waals surface area (Å²) in [6, 6.07) is 3.96. The van der Waals surface area contributed by atoms with Gasteiger partial charge in [0.25, 0.3) is 0 Å². The molecule has 0 aliphatic rings. The Kier molecular flexibility index (Phi) is 5.09. The van der Waals surface area contributed by atoms with E-state index in [1.165, 1.54) is 0 Å². The van der Waals surface area contributed by atoms with Gasteiger partial charge >= 0.3 is 0 Å². The van der Waals surface area contributed by atoms with Crippen LogP contribution in [0, 0.1) is 6.92 Å². The molecule has 1 nitrogen and oxygen atoms in total. The Labute approximate surface area is 68.8 Å². The minimum Gasteiger partial charge on any atom is -0.261 e. The molecule has 1 aromatic heterocycles. The van der Waals surface area contributed by atoms with E-state index in [9.17, 15) is 0 Å². The molecule has 0 saturated carbocycles. The largest absolute Gasteiger partial charge is 0.261 e. The fourth-order valence-corrected chi connectivity index (χ4v) is 0.600. The quantitative estimate of drug-likeness (QED) is 0.598. The molecular weight excluding hydrogens is 134 g/mol. The van der Waals surface area contributed by atoms with Crippen molar-refractivity contribution in [3.05, 3.63) is 36.2 Å². The fraction of sp³-hybridized carbons (Fsp3) is 0.300. The van der Waals surface area contributed by atoms with Crippen LogP contribution in [0.2, 0.25) is 0 Å². The number of pyridine rings is 1. The summed E-state index contributed by atoms with van der Waals surface area (Å²) in [6.07, 6.45) is 3.59. The maximum atomic E-state index is 4.08. The lowest BCUT2D eigenvalue weighted by atomic mass is 10.2. The topological polar surface area (TPSA) is 12.9 Å². The van der Waals surface area contributed by atoms with Gasteiger partial charge < -0.3 is 0 Å². The van der Waals surface area contributed by atoms with Gasteiger partial charge in [-0.3, -0.25) is 4.98 Å². The number of hydrogen-bond acceptors (Lipinski definition) is 1. The van der Waals surface area contributed by atoms with Crippen molar-refractivity contribution in [3.63, 3.8) is 0 Å². The van der Waals surface area contributed by atoms with Gasteiger partial charge in [0.2, 0.25) is 0 Å². The fourth-order valence-electron chi connectivity index (χ4n) is 0.600. The van der Waals surface area contributed by atoms with Crippen LogP contribution in [-0.4, -0.2) is 4.98 Å². The van der Waals surface area contributed by atoms with Crippen molar-refractivity contribution >= 4 is 6.08 Å². The molecule has 0 amide bonds. The van der Waals surface area contributed by atoms with Gasteiger partial charge in [-0.05, 0) is 18.6 Å². The van der Waals surface area contributed by atoms with E-state index in [0.29, 0.717) is 0 Å². The number of aryl methyl sites for hydroxylation is 1. The second-order valence-electron chi connectivity index (χ2n) is 1.94. The van der Waals surface area contributed by atoms with Gasteiger partial charge in [-0.15, -0.1) is 0 Å². The summed E-state index contributed by atoms with van der Waals surface area (Å²) >= 11 is 0. The number of aromatic nitrogens is 1. The molecule has 0 radical (unpaired) electrons. The molecule has 11 heavy (non-hydrogen) atoms. The first kappa shape index (κ1) is 9.89. The van der Waals surface area contributed by atoms with Crippen LogP contribution in [0.1, 0.15) is 25.1 Å². The highest BCUT2D eigenvalue weighted by molar-refractivity contribution is 5.44. The van der Waals surface area contributed by atoms with Crippen LogP contribution in [0.3, 0.4) is 0 Å². The average Bonchev–Trinajstić information content (AvgIpc) is 2.10. The SMILES string of the molecule is C=Cc1ccc(C)nc1.CC. The van der Waals surface area contributed by atoms with Gasteiger partial charge in [-0.1, -0.05) is 32.6 Å². The summed E-state index contributed by atoms with van der Waals surface area (Å²) in [7, 11) is 0. The molecule has 60 valence electrons. The lowest BCUT2D eigenvalue weighted by Crippen LogP contribution is -1.78. The minimum absolute atomic E-state index is 1.04. The van der Waals surface area contributed by atoms with Crippen LogP contribution in [0.5, 0.6) is 0 Å². The molecule has 0 N–H and O–H groups in total. The van der Waals surface area contributed by atoms with Crippen LogP contribution in [-0.2, 0) is 0 Å². The third kappa shape index (κ3) is 3.56. The number of nitrogens with zero attached hydrogens (tertiary/aromatic N) is 1. The lowest BCUT2D eigenvalue weighted by molar-refractivity contribution is 1.19. The van der Waals surface area contributed by atoms with Crippen molar-refractivity contribution in [1.82, 2.24) is 4.98 Å². The summed E-state index contributed by atoms with van der Waals surface area (Å²) in [5.74, 6) is 0. The number of rotatable bonds is 1. The molecule has 0 aromatic carbocycles. The summed E-state index contributed by atoms with van der Waals surface area (Å²) in [4.78, 5) is 4.08. The maximum Gasteiger partial charge on any atom is 0.0373 e. The van der Waals surface area contributed by atoms with E-state index in [0.717, 1.165) is 11.3 Å². The number of hydrogen-bond donors (Lipinski definition) is 0. The van der Waals surface area contributed by atoms with Gasteiger partial charge in [0, 0.05) is 11.9 Å². The smallest absolute Gasteiger partial charge is 0.0373 e. The van der Waals surface area contributed by atoms with E-state index < -0.39 is 0 Å². The zero-order valence-corrected chi connectivity index (χ0v) is 7.46. The predicted molar refractivity (Wildman–Crippen MR) is 50.4 cm³/mol.